The van der Waals surface area contributed by atoms with Crippen molar-refractivity contribution in [2.75, 3.05) is 24.5 Å². The Balaban J connectivity index is 1.75. The van der Waals surface area contributed by atoms with E-state index >= 15 is 0 Å². The van der Waals surface area contributed by atoms with Crippen LogP contribution in [0.25, 0.3) is 10.9 Å². The number of hydrogen-bond acceptors (Lipinski definition) is 5. The van der Waals surface area contributed by atoms with Crippen LogP contribution in [0.3, 0.4) is 0 Å². The normalized spacial score (nSPS) is 24.7. The second-order valence-electron chi connectivity index (χ2n) is 6.92. The molecule has 1 aromatic carbocycles. The summed E-state index contributed by atoms with van der Waals surface area (Å²) in [6.07, 6.45) is 2.56. The smallest absolute Gasteiger partial charge is 0.276 e. The van der Waals surface area contributed by atoms with Gasteiger partial charge in [0.05, 0.1) is 5.52 Å². The van der Waals surface area contributed by atoms with Crippen LogP contribution in [0.1, 0.15) is 17.5 Å². The van der Waals surface area contributed by atoms with Gasteiger partial charge in [0, 0.05) is 31.1 Å². The largest absolute Gasteiger partial charge is 0.351 e. The third kappa shape index (κ3) is 2.54. The van der Waals surface area contributed by atoms with Gasteiger partial charge in [0.15, 0.2) is 0 Å². The van der Waals surface area contributed by atoms with Crippen molar-refractivity contribution in [3.63, 3.8) is 0 Å². The van der Waals surface area contributed by atoms with E-state index in [1.807, 2.05) is 0 Å². The molecule has 0 saturated carbocycles. The summed E-state index contributed by atoms with van der Waals surface area (Å²) >= 11 is 0. The Hall–Kier alpha value is -1.77. The molecule has 2 atom stereocenters. The molecule has 128 valence electrons. The van der Waals surface area contributed by atoms with Crippen molar-refractivity contribution in [2.24, 2.45) is 11.1 Å². The topological polar surface area (TPSA) is 92.4 Å². The van der Waals surface area contributed by atoms with Crippen molar-refractivity contribution in [1.29, 1.82) is 0 Å². The zero-order chi connectivity index (χ0) is 17.1. The van der Waals surface area contributed by atoms with Gasteiger partial charge < -0.3 is 4.90 Å². The van der Waals surface area contributed by atoms with Crippen LogP contribution >= 0.6 is 0 Å². The first-order chi connectivity index (χ1) is 11.3. The van der Waals surface area contributed by atoms with Gasteiger partial charge in [0.25, 0.3) is 10.2 Å². The maximum Gasteiger partial charge on any atom is 0.276 e. The Bertz CT molecular complexity index is 914. The van der Waals surface area contributed by atoms with E-state index in [1.165, 1.54) is 15.4 Å². The number of nitrogens with two attached hydrogens (primary N) is 1. The maximum atomic E-state index is 11.7. The average molecular weight is 347 g/mol. The lowest BCUT2D eigenvalue weighted by atomic mass is 10.0. The van der Waals surface area contributed by atoms with Crippen LogP contribution in [0.2, 0.25) is 0 Å². The van der Waals surface area contributed by atoms with Gasteiger partial charge in [0.2, 0.25) is 0 Å². The molecular weight excluding hydrogens is 326 g/mol. The average Bonchev–Trinajstić information content (AvgIpc) is 2.81. The van der Waals surface area contributed by atoms with Crippen LogP contribution < -0.4 is 10.0 Å². The number of hydrogen-bond donors (Lipinski definition) is 1. The van der Waals surface area contributed by atoms with E-state index < -0.39 is 10.2 Å². The molecule has 4 rings (SSSR count). The van der Waals surface area contributed by atoms with Crippen molar-refractivity contribution in [2.45, 2.75) is 26.3 Å². The number of piperidine rings is 1. The number of fused-ring (bicyclic) bond motifs is 3. The second-order valence-corrected chi connectivity index (χ2v) is 8.47. The molecule has 3 heterocycles. The first kappa shape index (κ1) is 15.7. The van der Waals surface area contributed by atoms with Gasteiger partial charge in [-0.05, 0) is 49.4 Å². The van der Waals surface area contributed by atoms with E-state index in [0.29, 0.717) is 19.0 Å². The molecule has 0 spiro atoms. The predicted molar refractivity (Wildman–Crippen MR) is 92.9 cm³/mol. The lowest BCUT2D eigenvalue weighted by Gasteiger charge is -2.31. The van der Waals surface area contributed by atoms with Crippen molar-refractivity contribution >= 4 is 26.9 Å². The van der Waals surface area contributed by atoms with Crippen LogP contribution in [0, 0.1) is 19.8 Å². The summed E-state index contributed by atoms with van der Waals surface area (Å²) in [4.78, 5) is 11.1. The van der Waals surface area contributed by atoms with Crippen LogP contribution in [0.4, 0.5) is 5.82 Å². The first-order valence-corrected chi connectivity index (χ1v) is 9.59. The Morgan fingerprint density at radius 1 is 1.12 bits per heavy atom. The quantitative estimate of drug-likeness (QED) is 0.873. The molecular formula is C16H21N5O2S. The van der Waals surface area contributed by atoms with Crippen molar-refractivity contribution in [3.8, 4) is 0 Å². The minimum atomic E-state index is -3.64. The minimum Gasteiger partial charge on any atom is -0.351 e. The zero-order valence-corrected chi connectivity index (χ0v) is 14.6. The number of nitrogens with zero attached hydrogens (tertiary/aromatic N) is 4. The molecule has 1 aromatic heterocycles. The van der Waals surface area contributed by atoms with Crippen LogP contribution in [0.15, 0.2) is 18.5 Å². The van der Waals surface area contributed by atoms with Crippen molar-refractivity contribution in [3.05, 3.63) is 29.6 Å². The van der Waals surface area contributed by atoms with Gasteiger partial charge in [-0.25, -0.2) is 15.1 Å². The summed E-state index contributed by atoms with van der Waals surface area (Å²) in [5, 5.41) is 6.35. The zero-order valence-electron chi connectivity index (χ0n) is 13.8. The van der Waals surface area contributed by atoms with Crippen molar-refractivity contribution < 1.29 is 8.42 Å². The number of rotatable bonds is 2. The summed E-state index contributed by atoms with van der Waals surface area (Å²) in [6, 6.07) is 4.32. The Labute approximate surface area is 141 Å². The monoisotopic (exact) mass is 347 g/mol. The van der Waals surface area contributed by atoms with E-state index in [4.69, 9.17) is 5.14 Å². The molecule has 2 aliphatic rings. The van der Waals surface area contributed by atoms with E-state index in [1.54, 1.807) is 6.33 Å². The van der Waals surface area contributed by atoms with Crippen LogP contribution in [-0.4, -0.2) is 48.4 Å². The fourth-order valence-corrected chi connectivity index (χ4v) is 4.71. The highest BCUT2D eigenvalue weighted by atomic mass is 32.2. The molecule has 24 heavy (non-hydrogen) atoms. The summed E-state index contributed by atoms with van der Waals surface area (Å²) in [5.74, 6) is 1.19. The van der Waals surface area contributed by atoms with Gasteiger partial charge >= 0.3 is 0 Å². The van der Waals surface area contributed by atoms with Gasteiger partial charge in [-0.1, -0.05) is 0 Å². The predicted octanol–water partition coefficient (Wildman–Crippen LogP) is 0.961. The fraction of sp³-hybridized carbons (Fsp3) is 0.500. The molecule has 8 heteroatoms. The maximum absolute atomic E-state index is 11.7. The number of benzene rings is 1. The van der Waals surface area contributed by atoms with Gasteiger partial charge in [-0.3, -0.25) is 0 Å². The summed E-state index contributed by atoms with van der Waals surface area (Å²) < 4.78 is 24.8. The molecule has 2 bridgehead atoms. The molecule has 2 aliphatic heterocycles. The SMILES string of the molecule is Cc1cc2ncnc(N3CC4CC3CN(S(N)(=O)=O)C4)c2cc1C. The first-order valence-electron chi connectivity index (χ1n) is 8.09. The standard InChI is InChI=1S/C16H21N5O2S/c1-10-3-14-15(4-11(10)2)18-9-19-16(14)21-7-12-5-13(21)8-20(6-12)24(17,22)23/h3-4,9,12-13H,5-8H2,1-2H3,(H2,17,22,23). The Kier molecular flexibility index (Phi) is 3.52. The molecule has 2 unspecified atom stereocenters. The van der Waals surface area contributed by atoms with E-state index in [9.17, 15) is 8.42 Å². The summed E-state index contributed by atoms with van der Waals surface area (Å²) in [7, 11) is -3.64. The van der Waals surface area contributed by atoms with Gasteiger partial charge in [-0.2, -0.15) is 12.7 Å². The highest BCUT2D eigenvalue weighted by molar-refractivity contribution is 7.86. The fourth-order valence-electron chi connectivity index (χ4n) is 3.91. The summed E-state index contributed by atoms with van der Waals surface area (Å²) in [6.45, 7) is 5.87. The van der Waals surface area contributed by atoms with Gasteiger partial charge in [0.1, 0.15) is 12.1 Å². The minimum absolute atomic E-state index is 0.113. The molecule has 2 aromatic rings. The number of aromatic nitrogens is 2. The molecule has 7 nitrogen and oxygen atoms in total. The molecule has 2 fully saturated rings. The molecule has 2 N–H and O–H groups in total. The summed E-state index contributed by atoms with van der Waals surface area (Å²) in [5.41, 5.74) is 3.33. The lowest BCUT2D eigenvalue weighted by molar-refractivity contribution is 0.298. The lowest BCUT2D eigenvalue weighted by Crippen LogP contribution is -2.47. The van der Waals surface area contributed by atoms with Crippen LogP contribution in [-0.2, 0) is 10.2 Å². The highest BCUT2D eigenvalue weighted by Gasteiger charge is 2.42. The van der Waals surface area contributed by atoms with E-state index in [2.05, 4.69) is 40.8 Å². The molecule has 0 radical (unpaired) electrons. The molecule has 2 saturated heterocycles. The number of aryl methyl sites for hydroxylation is 2. The van der Waals surface area contributed by atoms with Gasteiger partial charge in [-0.15, -0.1) is 0 Å². The third-order valence-corrected chi connectivity index (χ3v) is 6.26. The molecule has 0 aliphatic carbocycles. The Morgan fingerprint density at radius 3 is 2.62 bits per heavy atom. The second kappa shape index (κ2) is 5.37. The van der Waals surface area contributed by atoms with E-state index in [0.717, 1.165) is 29.7 Å². The highest BCUT2D eigenvalue weighted by Crippen LogP contribution is 2.36. The molecule has 0 amide bonds. The van der Waals surface area contributed by atoms with E-state index in [-0.39, 0.29) is 6.04 Å². The van der Waals surface area contributed by atoms with Crippen LogP contribution in [0.5, 0.6) is 0 Å². The Morgan fingerprint density at radius 2 is 1.88 bits per heavy atom. The third-order valence-electron chi connectivity index (χ3n) is 5.24. The van der Waals surface area contributed by atoms with Crippen molar-refractivity contribution in [1.82, 2.24) is 14.3 Å². The number of anilines is 1.